The Morgan fingerprint density at radius 1 is 1.41 bits per heavy atom. The van der Waals surface area contributed by atoms with E-state index in [1.165, 1.54) is 11.1 Å². The van der Waals surface area contributed by atoms with E-state index in [0.29, 0.717) is 19.2 Å². The Morgan fingerprint density at radius 3 is 2.94 bits per heavy atom. The maximum absolute atomic E-state index is 10.4. The van der Waals surface area contributed by atoms with E-state index in [9.17, 15) is 4.79 Å². The molecular weight excluding hydrogens is 216 g/mol. The Morgan fingerprint density at radius 2 is 2.18 bits per heavy atom. The predicted molar refractivity (Wildman–Crippen MR) is 65.8 cm³/mol. The summed E-state index contributed by atoms with van der Waals surface area (Å²) in [6.07, 6.45) is 2.59. The van der Waals surface area contributed by atoms with Crippen LogP contribution in [0.4, 0.5) is 4.79 Å². The highest BCUT2D eigenvalue weighted by Gasteiger charge is 2.17. The average Bonchev–Trinajstić information content (AvgIpc) is 2.34. The molecule has 1 aliphatic carbocycles. The highest BCUT2D eigenvalue weighted by atomic mass is 16.5. The molecule has 0 heterocycles. The SMILES string of the molecule is NC(=O)OCCNC1CCc2ccccc2C1. The molecule has 0 radical (unpaired) electrons. The second-order valence-electron chi connectivity index (χ2n) is 4.33. The van der Waals surface area contributed by atoms with Gasteiger partial charge in [-0.15, -0.1) is 0 Å². The van der Waals surface area contributed by atoms with E-state index >= 15 is 0 Å². The van der Waals surface area contributed by atoms with Gasteiger partial charge in [0.15, 0.2) is 0 Å². The molecule has 17 heavy (non-hydrogen) atoms. The molecule has 1 atom stereocenters. The van der Waals surface area contributed by atoms with Crippen molar-refractivity contribution >= 4 is 6.09 Å². The molecule has 0 aromatic heterocycles. The smallest absolute Gasteiger partial charge is 0.404 e. The maximum atomic E-state index is 10.4. The van der Waals surface area contributed by atoms with E-state index in [0.717, 1.165) is 19.3 Å². The molecule has 1 aromatic carbocycles. The Labute approximate surface area is 101 Å². The maximum Gasteiger partial charge on any atom is 0.404 e. The first-order valence-electron chi connectivity index (χ1n) is 5.98. The lowest BCUT2D eigenvalue weighted by Crippen LogP contribution is -2.37. The topological polar surface area (TPSA) is 64.4 Å². The van der Waals surface area contributed by atoms with Crippen LogP contribution < -0.4 is 11.1 Å². The Bertz CT molecular complexity index is 393. The minimum Gasteiger partial charge on any atom is -0.448 e. The van der Waals surface area contributed by atoms with Gasteiger partial charge in [-0.25, -0.2) is 4.79 Å². The summed E-state index contributed by atoms with van der Waals surface area (Å²) in [6.45, 7) is 1.00. The minimum atomic E-state index is -0.708. The van der Waals surface area contributed by atoms with Crippen molar-refractivity contribution in [1.82, 2.24) is 5.32 Å². The number of hydrogen-bond donors (Lipinski definition) is 2. The van der Waals surface area contributed by atoms with Gasteiger partial charge >= 0.3 is 6.09 Å². The molecule has 4 nitrogen and oxygen atoms in total. The highest BCUT2D eigenvalue weighted by molar-refractivity contribution is 5.64. The van der Waals surface area contributed by atoms with Gasteiger partial charge < -0.3 is 15.8 Å². The highest BCUT2D eigenvalue weighted by Crippen LogP contribution is 2.20. The van der Waals surface area contributed by atoms with Gasteiger partial charge in [0.1, 0.15) is 6.61 Å². The molecule has 1 aromatic rings. The summed E-state index contributed by atoms with van der Waals surface area (Å²) < 4.78 is 4.68. The Balaban J connectivity index is 1.76. The fourth-order valence-corrected chi connectivity index (χ4v) is 2.29. The Kier molecular flexibility index (Phi) is 3.98. The van der Waals surface area contributed by atoms with Gasteiger partial charge in [-0.05, 0) is 30.4 Å². The minimum absolute atomic E-state index is 0.341. The monoisotopic (exact) mass is 234 g/mol. The fraction of sp³-hybridized carbons (Fsp3) is 0.462. The van der Waals surface area contributed by atoms with Gasteiger partial charge in [-0.3, -0.25) is 0 Å². The van der Waals surface area contributed by atoms with Gasteiger partial charge in [0.05, 0.1) is 0 Å². The fourth-order valence-electron chi connectivity index (χ4n) is 2.29. The number of rotatable bonds is 4. The normalized spacial score (nSPS) is 18.5. The number of fused-ring (bicyclic) bond motifs is 1. The summed E-state index contributed by atoms with van der Waals surface area (Å²) >= 11 is 0. The van der Waals surface area contributed by atoms with E-state index in [1.807, 2.05) is 0 Å². The number of nitrogens with one attached hydrogen (secondary N) is 1. The number of ether oxygens (including phenoxy) is 1. The third-order valence-electron chi connectivity index (χ3n) is 3.13. The molecule has 0 spiro atoms. The summed E-state index contributed by atoms with van der Waals surface area (Å²) in [5.74, 6) is 0. The molecule has 92 valence electrons. The summed E-state index contributed by atoms with van der Waals surface area (Å²) in [4.78, 5) is 10.4. The van der Waals surface area contributed by atoms with Crippen LogP contribution in [-0.2, 0) is 17.6 Å². The lowest BCUT2D eigenvalue weighted by Gasteiger charge is -2.25. The first-order chi connectivity index (χ1) is 8.25. The molecule has 0 bridgehead atoms. The molecular formula is C13H18N2O2. The molecule has 2 rings (SSSR count). The van der Waals surface area contributed by atoms with E-state index in [-0.39, 0.29) is 0 Å². The summed E-state index contributed by atoms with van der Waals surface area (Å²) in [5.41, 5.74) is 7.77. The zero-order chi connectivity index (χ0) is 12.1. The molecule has 0 saturated carbocycles. The standard InChI is InChI=1S/C13H18N2O2/c14-13(16)17-8-7-15-12-6-5-10-3-1-2-4-11(10)9-12/h1-4,12,15H,5-9H2,(H2,14,16). The van der Waals surface area contributed by atoms with Gasteiger partial charge in [0.25, 0.3) is 0 Å². The van der Waals surface area contributed by atoms with Crippen LogP contribution in [-0.4, -0.2) is 25.3 Å². The number of carbonyl (C=O) groups excluding carboxylic acids is 1. The average molecular weight is 234 g/mol. The first kappa shape index (κ1) is 11.9. The number of benzene rings is 1. The van der Waals surface area contributed by atoms with Crippen LogP contribution in [0.25, 0.3) is 0 Å². The second kappa shape index (κ2) is 5.68. The van der Waals surface area contributed by atoms with Crippen LogP contribution in [0.5, 0.6) is 0 Å². The van der Waals surface area contributed by atoms with Crippen molar-refractivity contribution in [2.75, 3.05) is 13.2 Å². The number of primary amides is 1. The van der Waals surface area contributed by atoms with Crippen LogP contribution in [0.2, 0.25) is 0 Å². The summed E-state index contributed by atoms with van der Waals surface area (Å²) in [5, 5.41) is 3.39. The molecule has 1 unspecified atom stereocenters. The third kappa shape index (κ3) is 3.46. The van der Waals surface area contributed by atoms with Crippen molar-refractivity contribution in [1.29, 1.82) is 0 Å². The van der Waals surface area contributed by atoms with Gasteiger partial charge in [0, 0.05) is 12.6 Å². The second-order valence-corrected chi connectivity index (χ2v) is 4.33. The van der Waals surface area contributed by atoms with E-state index < -0.39 is 6.09 Å². The molecule has 0 saturated heterocycles. The molecule has 0 fully saturated rings. The van der Waals surface area contributed by atoms with Crippen LogP contribution in [0, 0.1) is 0 Å². The van der Waals surface area contributed by atoms with Crippen molar-refractivity contribution in [3.63, 3.8) is 0 Å². The first-order valence-corrected chi connectivity index (χ1v) is 5.98. The van der Waals surface area contributed by atoms with Crippen molar-refractivity contribution in [3.05, 3.63) is 35.4 Å². The molecule has 3 N–H and O–H groups in total. The number of carbonyl (C=O) groups is 1. The van der Waals surface area contributed by atoms with Crippen LogP contribution >= 0.6 is 0 Å². The van der Waals surface area contributed by atoms with Crippen LogP contribution in [0.15, 0.2) is 24.3 Å². The number of hydrogen-bond acceptors (Lipinski definition) is 3. The molecule has 0 aliphatic heterocycles. The van der Waals surface area contributed by atoms with Gasteiger partial charge in [-0.2, -0.15) is 0 Å². The molecule has 1 aliphatic rings. The van der Waals surface area contributed by atoms with Crippen molar-refractivity contribution in [3.8, 4) is 0 Å². The predicted octanol–water partition coefficient (Wildman–Crippen LogP) is 1.23. The van der Waals surface area contributed by atoms with Gasteiger partial charge in [0.2, 0.25) is 0 Å². The largest absolute Gasteiger partial charge is 0.448 e. The quantitative estimate of drug-likeness (QED) is 0.770. The number of amides is 1. The summed E-state index contributed by atoms with van der Waals surface area (Å²) in [6, 6.07) is 9.02. The lowest BCUT2D eigenvalue weighted by atomic mass is 9.88. The van der Waals surface area contributed by atoms with E-state index in [1.54, 1.807) is 0 Å². The van der Waals surface area contributed by atoms with E-state index in [2.05, 4.69) is 34.3 Å². The molecule has 1 amide bonds. The van der Waals surface area contributed by atoms with E-state index in [4.69, 9.17) is 5.73 Å². The zero-order valence-electron chi connectivity index (χ0n) is 9.82. The summed E-state index contributed by atoms with van der Waals surface area (Å²) in [7, 11) is 0. The van der Waals surface area contributed by atoms with Gasteiger partial charge in [-0.1, -0.05) is 24.3 Å². The molecule has 4 heteroatoms. The lowest BCUT2D eigenvalue weighted by molar-refractivity contribution is 0.155. The van der Waals surface area contributed by atoms with Crippen molar-refractivity contribution in [2.45, 2.75) is 25.3 Å². The Hall–Kier alpha value is -1.55. The number of nitrogens with two attached hydrogens (primary N) is 1. The van der Waals surface area contributed by atoms with Crippen molar-refractivity contribution in [2.24, 2.45) is 5.73 Å². The van der Waals surface area contributed by atoms with Crippen LogP contribution in [0.1, 0.15) is 17.5 Å². The number of aryl methyl sites for hydroxylation is 1. The zero-order valence-corrected chi connectivity index (χ0v) is 9.82. The van der Waals surface area contributed by atoms with Crippen LogP contribution in [0.3, 0.4) is 0 Å². The third-order valence-corrected chi connectivity index (χ3v) is 3.13. The van der Waals surface area contributed by atoms with Crippen molar-refractivity contribution < 1.29 is 9.53 Å².